The summed E-state index contributed by atoms with van der Waals surface area (Å²) in [6.07, 6.45) is -9.11. The molecule has 0 atom stereocenters. The van der Waals surface area contributed by atoms with E-state index in [9.17, 15) is 26.3 Å². The maximum atomic E-state index is 13.5. The van der Waals surface area contributed by atoms with Gasteiger partial charge in [-0.3, -0.25) is 4.57 Å². The van der Waals surface area contributed by atoms with E-state index >= 15 is 0 Å². The normalized spacial score (nSPS) is 12.3. The Balaban J connectivity index is 1.18. The Bertz CT molecular complexity index is 3110. The van der Waals surface area contributed by atoms with Crippen molar-refractivity contribution in [3.63, 3.8) is 0 Å². The monoisotopic (exact) mass is 775 g/mol. The lowest BCUT2D eigenvalue weighted by molar-refractivity contribution is -0.138. The van der Waals surface area contributed by atoms with Crippen LogP contribution in [0.1, 0.15) is 11.1 Å². The van der Waals surface area contributed by atoms with Crippen LogP contribution >= 0.6 is 0 Å². The van der Waals surface area contributed by atoms with E-state index in [-0.39, 0.29) is 28.7 Å². The second-order valence-corrected chi connectivity index (χ2v) is 13.9. The Morgan fingerprint density at radius 3 is 1.38 bits per heavy atom. The zero-order chi connectivity index (χ0) is 39.8. The minimum atomic E-state index is -4.56. The molecule has 282 valence electrons. The Labute approximate surface area is 326 Å². The van der Waals surface area contributed by atoms with Crippen molar-refractivity contribution in [2.75, 3.05) is 0 Å². The van der Waals surface area contributed by atoms with Gasteiger partial charge in [0, 0.05) is 38.4 Å². The smallest absolute Gasteiger partial charge is 0.309 e. The number of hydrogen-bond donors (Lipinski definition) is 0. The first-order valence-electron chi connectivity index (χ1n) is 18.3. The number of halogens is 6. The number of para-hydroxylation sites is 3. The average Bonchev–Trinajstić information content (AvgIpc) is 3.75. The summed E-state index contributed by atoms with van der Waals surface area (Å²) in [6, 6.07) is 47.6. The van der Waals surface area contributed by atoms with Gasteiger partial charge in [0.15, 0.2) is 11.6 Å². The van der Waals surface area contributed by atoms with Crippen molar-refractivity contribution < 1.29 is 26.3 Å². The SMILES string of the molecule is FC(F)(F)c1ccc(-c2nc(-c3ccc(C(F)(F)F)cc3)nc(-n3c4ccccc4c4ccc(-c5ccc6c(c5)c5ccccc5n6-c5ccccc5)cc43)n2)cc1. The molecule has 10 rings (SSSR count). The predicted molar refractivity (Wildman–Crippen MR) is 215 cm³/mol. The molecule has 0 unspecified atom stereocenters. The van der Waals surface area contributed by atoms with Crippen LogP contribution in [0.5, 0.6) is 0 Å². The molecule has 0 fully saturated rings. The van der Waals surface area contributed by atoms with Crippen LogP contribution in [-0.2, 0) is 12.4 Å². The molecule has 0 aliphatic rings. The third-order valence-electron chi connectivity index (χ3n) is 10.5. The van der Waals surface area contributed by atoms with E-state index in [0.717, 1.165) is 84.7 Å². The van der Waals surface area contributed by atoms with Crippen molar-refractivity contribution in [1.29, 1.82) is 0 Å². The van der Waals surface area contributed by atoms with Crippen molar-refractivity contribution in [3.8, 4) is 45.5 Å². The largest absolute Gasteiger partial charge is 0.416 e. The van der Waals surface area contributed by atoms with E-state index in [1.807, 2.05) is 71.3 Å². The lowest BCUT2D eigenvalue weighted by Gasteiger charge is -2.13. The van der Waals surface area contributed by atoms with Gasteiger partial charge in [-0.05, 0) is 77.9 Å². The Morgan fingerprint density at radius 2 is 0.793 bits per heavy atom. The summed E-state index contributed by atoms with van der Waals surface area (Å²) in [4.78, 5) is 14.2. The van der Waals surface area contributed by atoms with E-state index in [4.69, 9.17) is 9.97 Å². The van der Waals surface area contributed by atoms with Crippen molar-refractivity contribution in [3.05, 3.63) is 175 Å². The van der Waals surface area contributed by atoms with Crippen LogP contribution in [0.3, 0.4) is 0 Å². The highest BCUT2D eigenvalue weighted by molar-refractivity contribution is 6.12. The molecule has 0 bridgehead atoms. The number of nitrogens with zero attached hydrogens (tertiary/aromatic N) is 5. The molecule has 0 spiro atoms. The molecule has 58 heavy (non-hydrogen) atoms. The second kappa shape index (κ2) is 13.2. The van der Waals surface area contributed by atoms with E-state index in [1.165, 1.54) is 24.3 Å². The molecule has 0 aliphatic heterocycles. The maximum absolute atomic E-state index is 13.5. The standard InChI is InChI=1S/C47H27F6N5/c48-46(49,50)32-20-14-28(15-21-32)43-54-44(29-16-22-33(23-17-29)47(51,52)53)56-45(55-43)58-40-13-7-4-10-35(40)37-24-18-31(27-42(37)58)30-19-25-41-38(26-30)36-11-5-6-12-39(36)57(41)34-8-2-1-3-9-34/h1-27H. The summed E-state index contributed by atoms with van der Waals surface area (Å²) in [7, 11) is 0. The highest BCUT2D eigenvalue weighted by Crippen LogP contribution is 2.39. The zero-order valence-electron chi connectivity index (χ0n) is 30.1. The molecule has 0 aliphatic carbocycles. The fraction of sp³-hybridized carbons (Fsp3) is 0.0426. The topological polar surface area (TPSA) is 48.5 Å². The summed E-state index contributed by atoms with van der Waals surface area (Å²) in [5.74, 6) is 0.247. The average molecular weight is 776 g/mol. The minimum Gasteiger partial charge on any atom is -0.309 e. The third kappa shape index (κ3) is 5.94. The molecular weight excluding hydrogens is 749 g/mol. The Hall–Kier alpha value is -7.27. The van der Waals surface area contributed by atoms with Crippen LogP contribution < -0.4 is 0 Å². The van der Waals surface area contributed by atoms with Gasteiger partial charge in [-0.15, -0.1) is 0 Å². The number of aromatic nitrogens is 5. The lowest BCUT2D eigenvalue weighted by Crippen LogP contribution is -2.08. The van der Waals surface area contributed by atoms with Crippen LogP contribution in [0.2, 0.25) is 0 Å². The van der Waals surface area contributed by atoms with Crippen molar-refractivity contribution in [1.82, 2.24) is 24.1 Å². The molecule has 11 heteroatoms. The van der Waals surface area contributed by atoms with Gasteiger partial charge in [-0.25, -0.2) is 4.98 Å². The number of hydrogen-bond acceptors (Lipinski definition) is 3. The summed E-state index contributed by atoms with van der Waals surface area (Å²) in [5.41, 5.74) is 5.43. The number of benzene rings is 7. The van der Waals surface area contributed by atoms with Gasteiger partial charge in [-0.2, -0.15) is 36.3 Å². The number of alkyl halides is 6. The fourth-order valence-corrected chi connectivity index (χ4v) is 7.71. The van der Waals surface area contributed by atoms with Crippen LogP contribution in [0.25, 0.3) is 89.2 Å². The Morgan fingerprint density at radius 1 is 0.345 bits per heavy atom. The van der Waals surface area contributed by atoms with Crippen molar-refractivity contribution in [2.45, 2.75) is 12.4 Å². The quantitative estimate of drug-likeness (QED) is 0.164. The highest BCUT2D eigenvalue weighted by Gasteiger charge is 2.31. The molecular formula is C47H27F6N5. The molecule has 5 nitrogen and oxygen atoms in total. The van der Waals surface area contributed by atoms with Crippen LogP contribution in [-0.4, -0.2) is 24.1 Å². The zero-order valence-corrected chi connectivity index (χ0v) is 30.1. The molecule has 7 aromatic carbocycles. The predicted octanol–water partition coefficient (Wildman–Crippen LogP) is 13.1. The molecule has 0 radical (unpaired) electrons. The van der Waals surface area contributed by atoms with Gasteiger partial charge in [-0.1, -0.05) is 97.1 Å². The van der Waals surface area contributed by atoms with Gasteiger partial charge in [0.25, 0.3) is 0 Å². The third-order valence-corrected chi connectivity index (χ3v) is 10.5. The molecule has 0 saturated heterocycles. The molecule has 10 aromatic rings. The van der Waals surface area contributed by atoms with Crippen LogP contribution in [0, 0.1) is 0 Å². The molecule has 3 aromatic heterocycles. The van der Waals surface area contributed by atoms with Gasteiger partial charge in [0.05, 0.1) is 33.2 Å². The first-order valence-corrected chi connectivity index (χ1v) is 18.3. The summed E-state index contributed by atoms with van der Waals surface area (Å²) in [5, 5.41) is 3.99. The van der Waals surface area contributed by atoms with Gasteiger partial charge in [0.2, 0.25) is 5.95 Å². The summed E-state index contributed by atoms with van der Waals surface area (Å²) in [6.45, 7) is 0. The fourth-order valence-electron chi connectivity index (χ4n) is 7.71. The van der Waals surface area contributed by atoms with Crippen molar-refractivity contribution in [2.24, 2.45) is 0 Å². The molecule has 3 heterocycles. The van der Waals surface area contributed by atoms with E-state index in [2.05, 4.69) is 58.1 Å². The Kier molecular flexibility index (Phi) is 7.98. The van der Waals surface area contributed by atoms with E-state index in [0.29, 0.717) is 0 Å². The first-order chi connectivity index (χ1) is 28.0. The second-order valence-electron chi connectivity index (χ2n) is 13.9. The summed E-state index contributed by atoms with van der Waals surface area (Å²) >= 11 is 0. The summed E-state index contributed by atoms with van der Waals surface area (Å²) < 4.78 is 85.2. The van der Waals surface area contributed by atoms with Gasteiger partial charge in [0.1, 0.15) is 0 Å². The van der Waals surface area contributed by atoms with Crippen LogP contribution in [0.15, 0.2) is 164 Å². The number of fused-ring (bicyclic) bond motifs is 6. The van der Waals surface area contributed by atoms with Gasteiger partial charge >= 0.3 is 12.4 Å². The molecule has 0 N–H and O–H groups in total. The minimum absolute atomic E-state index is 0.0518. The van der Waals surface area contributed by atoms with Crippen LogP contribution in [0.4, 0.5) is 26.3 Å². The number of rotatable bonds is 5. The molecule has 0 saturated carbocycles. The van der Waals surface area contributed by atoms with Crippen molar-refractivity contribution >= 4 is 43.6 Å². The molecule has 0 amide bonds. The van der Waals surface area contributed by atoms with E-state index < -0.39 is 23.5 Å². The maximum Gasteiger partial charge on any atom is 0.416 e. The van der Waals surface area contributed by atoms with Gasteiger partial charge < -0.3 is 4.57 Å². The first kappa shape index (κ1) is 35.2. The highest BCUT2D eigenvalue weighted by atomic mass is 19.4. The van der Waals surface area contributed by atoms with E-state index in [1.54, 1.807) is 0 Å². The lowest BCUT2D eigenvalue weighted by atomic mass is 10.0.